The van der Waals surface area contributed by atoms with Crippen molar-refractivity contribution in [2.45, 2.75) is 0 Å². The molecule has 130 valence electrons. The second kappa shape index (κ2) is 5.62. The number of hydrogen-bond acceptors (Lipinski definition) is 8. The largest absolute Gasteiger partial charge is 0.324 e. The fraction of sp³-hybridized carbons (Fsp3) is 0. The van der Waals surface area contributed by atoms with Crippen molar-refractivity contribution in [3.63, 3.8) is 0 Å². The molecular formula is C12H8N10O4. The number of rotatable bonds is 5. The van der Waals surface area contributed by atoms with Crippen LogP contribution in [-0.4, -0.2) is 50.6 Å². The average molecular weight is 356 g/mol. The Morgan fingerprint density at radius 3 is 1.50 bits per heavy atom. The van der Waals surface area contributed by atoms with E-state index in [9.17, 15) is 20.2 Å². The van der Waals surface area contributed by atoms with E-state index in [-0.39, 0.29) is 22.8 Å². The lowest BCUT2D eigenvalue weighted by Crippen LogP contribution is -1.95. The first-order valence-corrected chi connectivity index (χ1v) is 7.02. The van der Waals surface area contributed by atoms with E-state index in [1.165, 1.54) is 24.8 Å². The van der Waals surface area contributed by atoms with E-state index in [1.807, 2.05) is 0 Å². The van der Waals surface area contributed by atoms with Gasteiger partial charge in [-0.15, -0.1) is 0 Å². The number of aromatic nitrogens is 8. The van der Waals surface area contributed by atoms with E-state index in [0.29, 0.717) is 11.1 Å². The van der Waals surface area contributed by atoms with Gasteiger partial charge in [0.05, 0.1) is 22.2 Å². The van der Waals surface area contributed by atoms with E-state index in [1.54, 1.807) is 0 Å². The molecule has 0 atom stereocenters. The molecular weight excluding hydrogens is 348 g/mol. The van der Waals surface area contributed by atoms with E-state index >= 15 is 0 Å². The minimum absolute atomic E-state index is 0.00694. The lowest BCUT2D eigenvalue weighted by Gasteiger charge is -1.96. The van der Waals surface area contributed by atoms with Gasteiger partial charge in [0.1, 0.15) is 0 Å². The highest BCUT2D eigenvalue weighted by molar-refractivity contribution is 5.87. The van der Waals surface area contributed by atoms with Crippen molar-refractivity contribution in [1.29, 1.82) is 0 Å². The quantitative estimate of drug-likeness (QED) is 0.303. The van der Waals surface area contributed by atoms with E-state index in [2.05, 4.69) is 40.8 Å². The van der Waals surface area contributed by atoms with Crippen LogP contribution in [0.5, 0.6) is 0 Å². The molecule has 0 saturated heterocycles. The van der Waals surface area contributed by atoms with Crippen molar-refractivity contribution in [2.24, 2.45) is 0 Å². The molecule has 14 nitrogen and oxygen atoms in total. The normalized spacial score (nSPS) is 10.9. The van der Waals surface area contributed by atoms with Crippen LogP contribution in [0.1, 0.15) is 0 Å². The number of H-pyrrole nitrogens is 4. The zero-order valence-electron chi connectivity index (χ0n) is 12.6. The van der Waals surface area contributed by atoms with Crippen molar-refractivity contribution in [3.05, 3.63) is 45.0 Å². The van der Waals surface area contributed by atoms with Crippen molar-refractivity contribution in [1.82, 2.24) is 40.8 Å². The number of nitrogens with zero attached hydrogens (tertiary/aromatic N) is 6. The Morgan fingerprint density at radius 1 is 0.769 bits per heavy atom. The summed E-state index contributed by atoms with van der Waals surface area (Å²) in [5.74, 6) is 0. The van der Waals surface area contributed by atoms with Gasteiger partial charge >= 0.3 is 11.4 Å². The van der Waals surface area contributed by atoms with Gasteiger partial charge < -0.3 is 0 Å². The highest BCUT2D eigenvalue weighted by Crippen LogP contribution is 2.42. The van der Waals surface area contributed by atoms with Gasteiger partial charge in [-0.3, -0.25) is 40.6 Å². The molecule has 0 bridgehead atoms. The first-order valence-electron chi connectivity index (χ1n) is 7.02. The predicted octanol–water partition coefficient (Wildman–Crippen LogP) is 1.40. The summed E-state index contributed by atoms with van der Waals surface area (Å²) in [4.78, 5) is 21.8. The van der Waals surface area contributed by atoms with E-state index < -0.39 is 21.2 Å². The number of aromatic amines is 4. The molecule has 14 heteroatoms. The average Bonchev–Trinajstić information content (AvgIpc) is 3.39. The molecule has 0 aliphatic rings. The highest BCUT2D eigenvalue weighted by Gasteiger charge is 2.35. The van der Waals surface area contributed by atoms with Crippen molar-refractivity contribution < 1.29 is 9.85 Å². The third-order valence-electron chi connectivity index (χ3n) is 3.64. The molecule has 0 amide bonds. The van der Waals surface area contributed by atoms with Gasteiger partial charge in [-0.25, -0.2) is 0 Å². The summed E-state index contributed by atoms with van der Waals surface area (Å²) < 4.78 is 0. The molecule has 4 aromatic heterocycles. The standard InChI is InChI=1S/C12H8N10O4/c23-21(24)11-7(5-1-13-14-2-5)17-19-9(11)10-12(22(25)26)8(18-20-10)6-3-15-16-4-6/h1-4H,(H,13,14)(H,15,16)(H,17,19)(H,18,20). The van der Waals surface area contributed by atoms with Gasteiger partial charge in [0, 0.05) is 23.5 Å². The maximum atomic E-state index is 11.6. The minimum atomic E-state index is -0.677. The zero-order chi connectivity index (χ0) is 18.3. The molecule has 0 fully saturated rings. The molecule has 0 radical (unpaired) electrons. The highest BCUT2D eigenvalue weighted by atomic mass is 16.6. The molecule has 0 aliphatic heterocycles. The SMILES string of the molecule is O=[N+]([O-])c1c(-c2cn[nH]c2)n[nH]c1-c1[nH]nc(-c2cn[nH]c2)c1[N+](=O)[O-]. The van der Waals surface area contributed by atoms with Gasteiger partial charge in [0.15, 0.2) is 22.8 Å². The molecule has 4 aromatic rings. The Kier molecular flexibility index (Phi) is 3.28. The van der Waals surface area contributed by atoms with Gasteiger partial charge in [0.2, 0.25) is 0 Å². The smallest absolute Gasteiger partial charge is 0.285 e. The molecule has 0 aromatic carbocycles. The molecule has 4 N–H and O–H groups in total. The van der Waals surface area contributed by atoms with Crippen LogP contribution < -0.4 is 0 Å². The number of nitro groups is 2. The summed E-state index contributed by atoms with van der Waals surface area (Å²) in [6.45, 7) is 0. The fourth-order valence-corrected chi connectivity index (χ4v) is 2.54. The summed E-state index contributed by atoms with van der Waals surface area (Å²) in [7, 11) is 0. The minimum Gasteiger partial charge on any atom is -0.285 e. The summed E-state index contributed by atoms with van der Waals surface area (Å²) in [6, 6.07) is 0. The van der Waals surface area contributed by atoms with Gasteiger partial charge in [0.25, 0.3) is 0 Å². The molecule has 0 spiro atoms. The third kappa shape index (κ3) is 2.20. The van der Waals surface area contributed by atoms with Crippen LogP contribution in [0.3, 0.4) is 0 Å². The first kappa shape index (κ1) is 15.2. The Hall–Kier alpha value is -4.36. The fourth-order valence-electron chi connectivity index (χ4n) is 2.54. The van der Waals surface area contributed by atoms with Crippen molar-refractivity contribution in [2.75, 3.05) is 0 Å². The van der Waals surface area contributed by atoms with Crippen LogP contribution >= 0.6 is 0 Å². The molecule has 0 aliphatic carbocycles. The molecule has 26 heavy (non-hydrogen) atoms. The van der Waals surface area contributed by atoms with Gasteiger partial charge in [-0.1, -0.05) is 0 Å². The Morgan fingerprint density at radius 2 is 1.19 bits per heavy atom. The Balaban J connectivity index is 1.95. The summed E-state index contributed by atoms with van der Waals surface area (Å²) in [5.41, 5.74) is -0.498. The second-order valence-electron chi connectivity index (χ2n) is 5.08. The van der Waals surface area contributed by atoms with Crippen LogP contribution in [0.4, 0.5) is 11.4 Å². The topological polar surface area (TPSA) is 201 Å². The van der Waals surface area contributed by atoms with Crippen molar-refractivity contribution in [3.8, 4) is 33.9 Å². The van der Waals surface area contributed by atoms with Crippen LogP contribution in [0.15, 0.2) is 24.8 Å². The van der Waals surface area contributed by atoms with Gasteiger partial charge in [-0.2, -0.15) is 20.4 Å². The molecule has 4 heterocycles. The summed E-state index contributed by atoms with van der Waals surface area (Å²) in [5, 5.41) is 48.5. The Labute approximate surface area is 141 Å². The van der Waals surface area contributed by atoms with Crippen LogP contribution in [0, 0.1) is 20.2 Å². The van der Waals surface area contributed by atoms with Crippen LogP contribution in [0.25, 0.3) is 33.9 Å². The maximum Gasteiger partial charge on any atom is 0.324 e. The Bertz CT molecular complexity index is 1000. The van der Waals surface area contributed by atoms with Crippen LogP contribution in [0.2, 0.25) is 0 Å². The second-order valence-corrected chi connectivity index (χ2v) is 5.08. The summed E-state index contributed by atoms with van der Waals surface area (Å²) in [6.07, 6.45) is 5.55. The molecule has 0 unspecified atom stereocenters. The maximum absolute atomic E-state index is 11.6. The monoisotopic (exact) mass is 356 g/mol. The van der Waals surface area contributed by atoms with Crippen molar-refractivity contribution >= 4 is 11.4 Å². The zero-order valence-corrected chi connectivity index (χ0v) is 12.6. The van der Waals surface area contributed by atoms with E-state index in [4.69, 9.17) is 0 Å². The number of nitrogens with one attached hydrogen (secondary N) is 4. The lowest BCUT2D eigenvalue weighted by atomic mass is 10.1. The van der Waals surface area contributed by atoms with Gasteiger partial charge in [-0.05, 0) is 0 Å². The molecule has 4 rings (SSSR count). The van der Waals surface area contributed by atoms with Crippen LogP contribution in [-0.2, 0) is 0 Å². The molecule has 0 saturated carbocycles. The lowest BCUT2D eigenvalue weighted by molar-refractivity contribution is -0.385. The van der Waals surface area contributed by atoms with E-state index in [0.717, 1.165) is 0 Å². The number of hydrogen-bond donors (Lipinski definition) is 4. The summed E-state index contributed by atoms with van der Waals surface area (Å²) >= 11 is 0. The first-order chi connectivity index (χ1) is 12.6. The predicted molar refractivity (Wildman–Crippen MR) is 84.6 cm³/mol. The third-order valence-corrected chi connectivity index (χ3v) is 3.64.